The van der Waals surface area contributed by atoms with Crippen molar-refractivity contribution in [1.29, 1.82) is 0 Å². The van der Waals surface area contributed by atoms with Gasteiger partial charge in [0.05, 0.1) is 17.9 Å². The van der Waals surface area contributed by atoms with Crippen molar-refractivity contribution in [2.75, 3.05) is 18.5 Å². The number of anilines is 1. The van der Waals surface area contributed by atoms with Crippen LogP contribution in [0.3, 0.4) is 0 Å². The zero-order valence-corrected chi connectivity index (χ0v) is 9.81. The Morgan fingerprint density at radius 2 is 1.94 bits per heavy atom. The monoisotopic (exact) mass is 227 g/mol. The number of likely N-dealkylation sites (N-methyl/N-ethyl adjacent to an activating group) is 1. The molecule has 0 amide bonds. The van der Waals surface area contributed by atoms with Gasteiger partial charge in [-0.2, -0.15) is 0 Å². The summed E-state index contributed by atoms with van der Waals surface area (Å²) in [6, 6.07) is 4.61. The molecular weight excluding hydrogens is 209 g/mol. The van der Waals surface area contributed by atoms with Crippen LogP contribution in [0.4, 0.5) is 10.1 Å². The van der Waals surface area contributed by atoms with E-state index in [0.717, 1.165) is 0 Å². The highest BCUT2D eigenvalue weighted by Gasteiger charge is 2.11. The second kappa shape index (κ2) is 5.27. The van der Waals surface area contributed by atoms with Gasteiger partial charge < -0.3 is 15.1 Å². The molecular formula is C12H18FNO2. The van der Waals surface area contributed by atoms with Gasteiger partial charge in [0.1, 0.15) is 5.82 Å². The first kappa shape index (κ1) is 12.9. The molecule has 16 heavy (non-hydrogen) atoms. The highest BCUT2D eigenvalue weighted by Crippen LogP contribution is 2.22. The second-order valence-corrected chi connectivity index (χ2v) is 4.12. The topological polar surface area (TPSA) is 43.7 Å². The lowest BCUT2D eigenvalue weighted by Gasteiger charge is -2.22. The highest BCUT2D eigenvalue weighted by molar-refractivity contribution is 5.48. The zero-order chi connectivity index (χ0) is 12.3. The van der Waals surface area contributed by atoms with Crippen molar-refractivity contribution in [3.63, 3.8) is 0 Å². The fourth-order valence-electron chi connectivity index (χ4n) is 1.59. The minimum Gasteiger partial charge on any atom is -0.392 e. The van der Waals surface area contributed by atoms with Crippen LogP contribution in [0.2, 0.25) is 0 Å². The molecule has 0 saturated carbocycles. The molecule has 0 bridgehead atoms. The van der Waals surface area contributed by atoms with Crippen LogP contribution in [0.5, 0.6) is 0 Å². The van der Waals surface area contributed by atoms with E-state index in [1.165, 1.54) is 6.07 Å². The standard InChI is InChI=1S/C12H18FNO2/c1-8(15)7-14(3)12-5-4-10(9(2)16)6-11(12)13/h4-6,8-9,15-16H,7H2,1-3H3/t8?,9-/m0/s1. The third-order valence-corrected chi connectivity index (χ3v) is 2.40. The summed E-state index contributed by atoms with van der Waals surface area (Å²) in [4.78, 5) is 1.64. The van der Waals surface area contributed by atoms with Gasteiger partial charge in [-0.1, -0.05) is 6.07 Å². The lowest BCUT2D eigenvalue weighted by Crippen LogP contribution is -2.27. The molecule has 1 aromatic carbocycles. The number of halogens is 1. The lowest BCUT2D eigenvalue weighted by molar-refractivity contribution is 0.198. The molecule has 0 spiro atoms. The molecule has 0 saturated heterocycles. The summed E-state index contributed by atoms with van der Waals surface area (Å²) in [6.45, 7) is 3.61. The van der Waals surface area contributed by atoms with Crippen molar-refractivity contribution in [2.45, 2.75) is 26.1 Å². The maximum atomic E-state index is 13.7. The maximum absolute atomic E-state index is 13.7. The van der Waals surface area contributed by atoms with Crippen LogP contribution in [-0.2, 0) is 0 Å². The van der Waals surface area contributed by atoms with Crippen LogP contribution in [-0.4, -0.2) is 29.9 Å². The predicted octanol–water partition coefficient (Wildman–Crippen LogP) is 1.70. The molecule has 0 radical (unpaired) electrons. The largest absolute Gasteiger partial charge is 0.392 e. The fourth-order valence-corrected chi connectivity index (χ4v) is 1.59. The molecule has 1 rings (SSSR count). The summed E-state index contributed by atoms with van der Waals surface area (Å²) in [6.07, 6.45) is -1.19. The molecule has 0 aliphatic heterocycles. The normalized spacial score (nSPS) is 14.6. The minimum atomic E-state index is -0.675. The average Bonchev–Trinajstić information content (AvgIpc) is 2.15. The van der Waals surface area contributed by atoms with E-state index in [9.17, 15) is 14.6 Å². The van der Waals surface area contributed by atoms with E-state index in [4.69, 9.17) is 0 Å². The van der Waals surface area contributed by atoms with Crippen LogP contribution >= 0.6 is 0 Å². The van der Waals surface area contributed by atoms with E-state index in [1.807, 2.05) is 0 Å². The Morgan fingerprint density at radius 1 is 1.31 bits per heavy atom. The van der Waals surface area contributed by atoms with Crippen LogP contribution < -0.4 is 4.90 Å². The molecule has 0 fully saturated rings. The Morgan fingerprint density at radius 3 is 2.38 bits per heavy atom. The molecule has 3 nitrogen and oxygen atoms in total. The van der Waals surface area contributed by atoms with Crippen molar-refractivity contribution in [2.24, 2.45) is 0 Å². The van der Waals surface area contributed by atoms with Gasteiger partial charge in [0.2, 0.25) is 0 Å². The molecule has 0 aliphatic rings. The molecule has 2 N–H and O–H groups in total. The number of aliphatic hydroxyl groups excluding tert-OH is 2. The number of nitrogens with zero attached hydrogens (tertiary/aromatic N) is 1. The average molecular weight is 227 g/mol. The Bertz CT molecular complexity index is 353. The van der Waals surface area contributed by atoms with Crippen molar-refractivity contribution in [3.05, 3.63) is 29.6 Å². The number of rotatable bonds is 4. The summed E-state index contributed by atoms with van der Waals surface area (Å²) >= 11 is 0. The van der Waals surface area contributed by atoms with Crippen LogP contribution in [0.1, 0.15) is 25.5 Å². The van der Waals surface area contributed by atoms with Crippen molar-refractivity contribution >= 4 is 5.69 Å². The van der Waals surface area contributed by atoms with E-state index >= 15 is 0 Å². The molecule has 0 aliphatic carbocycles. The number of hydrogen-bond donors (Lipinski definition) is 2. The quantitative estimate of drug-likeness (QED) is 0.822. The molecule has 0 heterocycles. The van der Waals surface area contributed by atoms with Crippen molar-refractivity contribution < 1.29 is 14.6 Å². The van der Waals surface area contributed by atoms with Gasteiger partial charge in [-0.05, 0) is 31.5 Å². The minimum absolute atomic E-state index is 0.366. The van der Waals surface area contributed by atoms with Crippen molar-refractivity contribution in [1.82, 2.24) is 0 Å². The third kappa shape index (κ3) is 3.18. The van der Waals surface area contributed by atoms with Gasteiger partial charge in [-0.15, -0.1) is 0 Å². The molecule has 0 aromatic heterocycles. The predicted molar refractivity (Wildman–Crippen MR) is 62.0 cm³/mol. The SMILES string of the molecule is CC(O)CN(C)c1ccc([C@H](C)O)cc1F. The smallest absolute Gasteiger partial charge is 0.146 e. The van der Waals surface area contributed by atoms with Crippen LogP contribution in [0, 0.1) is 5.82 Å². The summed E-state index contributed by atoms with van der Waals surface area (Å²) in [5.41, 5.74) is 0.969. The van der Waals surface area contributed by atoms with E-state index in [-0.39, 0.29) is 5.82 Å². The Kier molecular flexibility index (Phi) is 4.26. The first-order chi connectivity index (χ1) is 7.41. The van der Waals surface area contributed by atoms with E-state index in [0.29, 0.717) is 17.8 Å². The first-order valence-electron chi connectivity index (χ1n) is 5.28. The van der Waals surface area contributed by atoms with Gasteiger partial charge in [0, 0.05) is 13.6 Å². The summed E-state index contributed by atoms with van der Waals surface area (Å²) in [5, 5.41) is 18.5. The van der Waals surface area contributed by atoms with Gasteiger partial charge in [0.25, 0.3) is 0 Å². The fraction of sp³-hybridized carbons (Fsp3) is 0.500. The first-order valence-corrected chi connectivity index (χ1v) is 5.28. The van der Waals surface area contributed by atoms with E-state index < -0.39 is 12.2 Å². The summed E-state index contributed by atoms with van der Waals surface area (Å²) < 4.78 is 13.7. The highest BCUT2D eigenvalue weighted by atomic mass is 19.1. The molecule has 2 atom stereocenters. The zero-order valence-electron chi connectivity index (χ0n) is 9.81. The molecule has 4 heteroatoms. The second-order valence-electron chi connectivity index (χ2n) is 4.12. The number of hydrogen-bond acceptors (Lipinski definition) is 3. The van der Waals surface area contributed by atoms with Gasteiger partial charge >= 0.3 is 0 Å². The summed E-state index contributed by atoms with van der Waals surface area (Å²) in [7, 11) is 1.72. The molecule has 90 valence electrons. The van der Waals surface area contributed by atoms with Crippen molar-refractivity contribution in [3.8, 4) is 0 Å². The summed E-state index contributed by atoms with van der Waals surface area (Å²) in [5.74, 6) is -0.387. The molecule has 1 aromatic rings. The van der Waals surface area contributed by atoms with Crippen LogP contribution in [0.25, 0.3) is 0 Å². The Balaban J connectivity index is 2.90. The van der Waals surface area contributed by atoms with Gasteiger partial charge in [0.15, 0.2) is 0 Å². The Hall–Kier alpha value is -1.13. The lowest BCUT2D eigenvalue weighted by atomic mass is 10.1. The third-order valence-electron chi connectivity index (χ3n) is 2.40. The molecule has 1 unspecified atom stereocenters. The van der Waals surface area contributed by atoms with Crippen LogP contribution in [0.15, 0.2) is 18.2 Å². The Labute approximate surface area is 95.1 Å². The van der Waals surface area contributed by atoms with E-state index in [2.05, 4.69) is 0 Å². The van der Waals surface area contributed by atoms with Gasteiger partial charge in [-0.25, -0.2) is 4.39 Å². The van der Waals surface area contributed by atoms with Gasteiger partial charge in [-0.3, -0.25) is 0 Å². The maximum Gasteiger partial charge on any atom is 0.146 e. The number of aliphatic hydroxyl groups is 2. The number of benzene rings is 1. The van der Waals surface area contributed by atoms with E-state index in [1.54, 1.807) is 37.9 Å².